The van der Waals surface area contributed by atoms with Crippen LogP contribution in [-0.4, -0.2) is 29.8 Å². The van der Waals surface area contributed by atoms with Crippen molar-refractivity contribution in [2.24, 2.45) is 5.92 Å². The zero-order valence-electron chi connectivity index (χ0n) is 9.21. The molecular formula is C12H18INO. The van der Waals surface area contributed by atoms with Crippen LogP contribution in [0.2, 0.25) is 0 Å². The molecule has 2 fully saturated rings. The molecule has 15 heavy (non-hydrogen) atoms. The van der Waals surface area contributed by atoms with E-state index in [-0.39, 0.29) is 0 Å². The quantitative estimate of drug-likeness (QED) is 0.730. The normalized spacial score (nSPS) is 33.2. The molecule has 2 rings (SSSR count). The van der Waals surface area contributed by atoms with E-state index in [0.717, 1.165) is 25.8 Å². The molecular weight excluding hydrogens is 301 g/mol. The lowest BCUT2D eigenvalue weighted by Crippen LogP contribution is -2.37. The number of carbonyl (C=O) groups is 1. The second-order valence-electron chi connectivity index (χ2n) is 4.60. The molecule has 0 radical (unpaired) electrons. The lowest BCUT2D eigenvalue weighted by Gasteiger charge is -2.31. The molecule has 2 atom stereocenters. The van der Waals surface area contributed by atoms with Gasteiger partial charge in [-0.15, -0.1) is 0 Å². The van der Waals surface area contributed by atoms with Crippen molar-refractivity contribution in [3.63, 3.8) is 0 Å². The summed E-state index contributed by atoms with van der Waals surface area (Å²) in [6.07, 6.45) is 6.15. The van der Waals surface area contributed by atoms with E-state index in [1.807, 2.05) is 0 Å². The first-order valence-corrected chi connectivity index (χ1v) is 6.85. The Morgan fingerprint density at radius 2 is 2.40 bits per heavy atom. The number of ketones is 1. The predicted octanol–water partition coefficient (Wildman–Crippen LogP) is 2.77. The Hall–Kier alpha value is 0.100. The molecule has 1 aliphatic heterocycles. The van der Waals surface area contributed by atoms with Crippen molar-refractivity contribution in [3.8, 4) is 0 Å². The topological polar surface area (TPSA) is 20.3 Å². The van der Waals surface area contributed by atoms with Crippen molar-refractivity contribution in [3.05, 3.63) is 9.66 Å². The van der Waals surface area contributed by atoms with Crippen LogP contribution in [-0.2, 0) is 4.79 Å². The molecule has 0 aromatic rings. The maximum absolute atomic E-state index is 11.4. The van der Waals surface area contributed by atoms with Gasteiger partial charge in [-0.25, -0.2) is 0 Å². The summed E-state index contributed by atoms with van der Waals surface area (Å²) in [5, 5.41) is 0. The lowest BCUT2D eigenvalue weighted by molar-refractivity contribution is -0.122. The zero-order valence-corrected chi connectivity index (χ0v) is 11.4. The third-order valence-electron chi connectivity index (χ3n) is 3.68. The first kappa shape index (κ1) is 11.6. The SMILES string of the molecule is C/C=C(\I)CN1CC[C@@H]2CC(=O)CC[C@@H]21. The van der Waals surface area contributed by atoms with Crippen LogP contribution in [0.15, 0.2) is 9.66 Å². The minimum atomic E-state index is 0.485. The molecule has 1 saturated carbocycles. The Bertz CT molecular complexity index is 287. The van der Waals surface area contributed by atoms with Crippen molar-refractivity contribution < 1.29 is 4.79 Å². The monoisotopic (exact) mass is 319 g/mol. The Balaban J connectivity index is 1.97. The number of Topliss-reactive ketones (excluding diaryl/α,β-unsaturated/α-hetero) is 1. The van der Waals surface area contributed by atoms with Crippen LogP contribution >= 0.6 is 22.6 Å². The maximum Gasteiger partial charge on any atom is 0.133 e. The average molecular weight is 319 g/mol. The van der Waals surface area contributed by atoms with Crippen LogP contribution in [0.25, 0.3) is 0 Å². The van der Waals surface area contributed by atoms with Gasteiger partial charge in [0.2, 0.25) is 0 Å². The number of carbonyl (C=O) groups excluding carboxylic acids is 1. The van der Waals surface area contributed by atoms with Crippen LogP contribution in [0.3, 0.4) is 0 Å². The summed E-state index contributed by atoms with van der Waals surface area (Å²) in [6, 6.07) is 0.687. The highest BCUT2D eigenvalue weighted by Crippen LogP contribution is 2.35. The summed E-state index contributed by atoms with van der Waals surface area (Å²) in [5.41, 5.74) is 0. The Morgan fingerprint density at radius 3 is 3.13 bits per heavy atom. The van der Waals surface area contributed by atoms with E-state index < -0.39 is 0 Å². The highest BCUT2D eigenvalue weighted by atomic mass is 127. The van der Waals surface area contributed by atoms with Gasteiger partial charge in [0.15, 0.2) is 0 Å². The molecule has 3 heteroatoms. The summed E-state index contributed by atoms with van der Waals surface area (Å²) in [4.78, 5) is 13.9. The molecule has 0 bridgehead atoms. The first-order valence-electron chi connectivity index (χ1n) is 5.77. The van der Waals surface area contributed by atoms with Gasteiger partial charge in [0.05, 0.1) is 0 Å². The lowest BCUT2D eigenvalue weighted by atomic mass is 9.84. The molecule has 0 amide bonds. The van der Waals surface area contributed by atoms with Crippen molar-refractivity contribution >= 4 is 28.4 Å². The summed E-state index contributed by atoms with van der Waals surface area (Å²) in [7, 11) is 0. The number of hydrogen-bond acceptors (Lipinski definition) is 2. The largest absolute Gasteiger partial charge is 0.300 e. The minimum Gasteiger partial charge on any atom is -0.300 e. The molecule has 1 saturated heterocycles. The number of likely N-dealkylation sites (tertiary alicyclic amines) is 1. The number of hydrogen-bond donors (Lipinski definition) is 0. The van der Waals surface area contributed by atoms with Gasteiger partial charge in [0.1, 0.15) is 5.78 Å². The van der Waals surface area contributed by atoms with Crippen LogP contribution in [0.4, 0.5) is 0 Å². The highest BCUT2D eigenvalue weighted by molar-refractivity contribution is 14.1. The van der Waals surface area contributed by atoms with Crippen molar-refractivity contribution in [1.82, 2.24) is 4.90 Å². The molecule has 1 aliphatic carbocycles. The molecule has 0 aromatic heterocycles. The van der Waals surface area contributed by atoms with Gasteiger partial charge >= 0.3 is 0 Å². The van der Waals surface area contributed by atoms with Gasteiger partial charge in [-0.1, -0.05) is 6.08 Å². The van der Waals surface area contributed by atoms with Gasteiger partial charge in [0.25, 0.3) is 0 Å². The van der Waals surface area contributed by atoms with E-state index in [1.54, 1.807) is 0 Å². The van der Waals surface area contributed by atoms with Crippen molar-refractivity contribution in [2.45, 2.75) is 38.6 Å². The molecule has 1 heterocycles. The molecule has 0 N–H and O–H groups in total. The van der Waals surface area contributed by atoms with Gasteiger partial charge in [-0.2, -0.15) is 0 Å². The fraction of sp³-hybridized carbons (Fsp3) is 0.750. The molecule has 2 aliphatic rings. The van der Waals surface area contributed by atoms with Gasteiger partial charge in [0, 0.05) is 29.0 Å². The fourth-order valence-corrected chi connectivity index (χ4v) is 3.27. The number of fused-ring (bicyclic) bond motifs is 1. The number of rotatable bonds is 2. The molecule has 0 aromatic carbocycles. The number of halogens is 1. The molecule has 84 valence electrons. The summed E-state index contributed by atoms with van der Waals surface area (Å²) in [5.74, 6) is 1.14. The van der Waals surface area contributed by atoms with E-state index in [0.29, 0.717) is 17.7 Å². The van der Waals surface area contributed by atoms with E-state index in [4.69, 9.17) is 0 Å². The third-order valence-corrected chi connectivity index (χ3v) is 4.64. The predicted molar refractivity (Wildman–Crippen MR) is 70.1 cm³/mol. The van der Waals surface area contributed by atoms with Gasteiger partial charge in [-0.3, -0.25) is 9.69 Å². The van der Waals surface area contributed by atoms with Crippen LogP contribution in [0.1, 0.15) is 32.6 Å². The highest BCUT2D eigenvalue weighted by Gasteiger charge is 2.37. The fourth-order valence-electron chi connectivity index (χ4n) is 2.83. The van der Waals surface area contributed by atoms with Crippen molar-refractivity contribution in [1.29, 1.82) is 0 Å². The smallest absolute Gasteiger partial charge is 0.133 e. The minimum absolute atomic E-state index is 0.485. The second-order valence-corrected chi connectivity index (χ2v) is 5.99. The average Bonchev–Trinajstić information content (AvgIpc) is 2.60. The van der Waals surface area contributed by atoms with Crippen LogP contribution in [0.5, 0.6) is 0 Å². The van der Waals surface area contributed by atoms with Crippen LogP contribution in [0, 0.1) is 5.92 Å². The molecule has 2 nitrogen and oxygen atoms in total. The van der Waals surface area contributed by atoms with E-state index in [1.165, 1.54) is 16.5 Å². The Labute approximate surface area is 105 Å². The Morgan fingerprint density at radius 1 is 1.60 bits per heavy atom. The Kier molecular flexibility index (Phi) is 3.83. The molecule has 0 unspecified atom stereocenters. The van der Waals surface area contributed by atoms with Gasteiger partial charge < -0.3 is 0 Å². The standard InChI is InChI=1S/C12H18INO/c1-2-10(13)8-14-6-5-9-7-11(15)3-4-12(9)14/h2,9,12H,3-8H2,1H3/b10-2-/t9-,12+/m1/s1. The van der Waals surface area contributed by atoms with Crippen LogP contribution < -0.4 is 0 Å². The summed E-state index contributed by atoms with van der Waals surface area (Å²) < 4.78 is 1.42. The van der Waals surface area contributed by atoms with Gasteiger partial charge in [-0.05, 0) is 54.8 Å². The maximum atomic E-state index is 11.4. The third kappa shape index (κ3) is 2.61. The summed E-state index contributed by atoms with van der Waals surface area (Å²) >= 11 is 2.42. The second kappa shape index (κ2) is 4.95. The number of nitrogens with zero attached hydrogens (tertiary/aromatic N) is 1. The van der Waals surface area contributed by atoms with E-state index in [9.17, 15) is 4.79 Å². The van der Waals surface area contributed by atoms with Crippen molar-refractivity contribution in [2.75, 3.05) is 13.1 Å². The first-order chi connectivity index (χ1) is 7.20. The summed E-state index contributed by atoms with van der Waals surface area (Å²) in [6.45, 7) is 4.37. The zero-order chi connectivity index (χ0) is 10.8. The van der Waals surface area contributed by atoms with E-state index in [2.05, 4.69) is 40.5 Å². The molecule has 0 spiro atoms. The number of allylic oxidation sites excluding steroid dienone is 1. The van der Waals surface area contributed by atoms with E-state index >= 15 is 0 Å².